The molecule has 2 rings (SSSR count). The summed E-state index contributed by atoms with van der Waals surface area (Å²) < 4.78 is 26.5. The Labute approximate surface area is 270 Å². The number of carbonyl (C=O) groups is 3. The number of unbranched alkanes of at least 4 members (excludes halogenated alkanes) is 9. The molecule has 44 heavy (non-hydrogen) atoms. The van der Waals surface area contributed by atoms with Gasteiger partial charge in [-0.15, -0.1) is 0 Å². The van der Waals surface area contributed by atoms with Gasteiger partial charge in [-0.1, -0.05) is 39.5 Å². The third-order valence-corrected chi connectivity index (χ3v) is 9.03. The Kier molecular flexibility index (Phi) is 16.2. The van der Waals surface area contributed by atoms with Crippen molar-refractivity contribution in [2.45, 2.75) is 105 Å². The third-order valence-electron chi connectivity index (χ3n) is 8.47. The van der Waals surface area contributed by atoms with Crippen molar-refractivity contribution in [2.24, 2.45) is 23.2 Å². The first-order valence-electron chi connectivity index (χ1n) is 16.2. The fourth-order valence-electron chi connectivity index (χ4n) is 6.04. The second-order valence-electron chi connectivity index (χ2n) is 12.7. The van der Waals surface area contributed by atoms with Crippen LogP contribution in [0.3, 0.4) is 0 Å². The molecule has 2 aromatic rings. The van der Waals surface area contributed by atoms with Crippen LogP contribution in [0.5, 0.6) is 0 Å². The van der Waals surface area contributed by atoms with Gasteiger partial charge in [-0.25, -0.2) is 0 Å². The van der Waals surface area contributed by atoms with Gasteiger partial charge >= 0.3 is 226 Å². The first kappa shape index (κ1) is 37.5. The Morgan fingerprint density at radius 3 is 1.39 bits per heavy atom. The number of carbonyl (C=O) groups excluding carboxylic acids is 3. The van der Waals surface area contributed by atoms with Gasteiger partial charge in [-0.2, -0.15) is 0 Å². The molecule has 0 radical (unpaired) electrons. The van der Waals surface area contributed by atoms with E-state index < -0.39 is 47.5 Å². The quantitative estimate of drug-likeness (QED) is 0.0409. The molecule has 0 fully saturated rings. The molecular weight excluding hydrogens is 592 g/mol. The predicted molar refractivity (Wildman–Crippen MR) is 170 cm³/mol. The van der Waals surface area contributed by atoms with Crippen molar-refractivity contribution in [1.29, 1.82) is 0 Å². The molecule has 1 unspecified atom stereocenters. The van der Waals surface area contributed by atoms with Gasteiger partial charge in [0.2, 0.25) is 0 Å². The average Bonchev–Trinajstić information content (AvgIpc) is 2.96. The first-order valence-corrected chi connectivity index (χ1v) is 18.1. The normalized spacial score (nSPS) is 12.3. The van der Waals surface area contributed by atoms with Crippen LogP contribution < -0.4 is 11.5 Å². The van der Waals surface area contributed by atoms with Gasteiger partial charge in [0, 0.05) is 0 Å². The molecule has 0 spiro atoms. The molecule has 2 aromatic carbocycles. The summed E-state index contributed by atoms with van der Waals surface area (Å²) >= 11 is -4.49. The summed E-state index contributed by atoms with van der Waals surface area (Å²) in [5, 5.41) is 0. The number of Topliss-reactive ketones (excluding diaryl/α,β-unsaturated/α-hetero) is 2. The van der Waals surface area contributed by atoms with E-state index in [4.69, 9.17) is 14.8 Å². The summed E-state index contributed by atoms with van der Waals surface area (Å²) in [6, 6.07) is 11.9. The van der Waals surface area contributed by atoms with Gasteiger partial charge in [0.1, 0.15) is 0 Å². The summed E-state index contributed by atoms with van der Waals surface area (Å²) in [4.78, 5) is 42.7. The third kappa shape index (κ3) is 11.0. The molecule has 1 atom stereocenters. The van der Waals surface area contributed by atoms with Gasteiger partial charge in [-0.3, -0.25) is 0 Å². The molecule has 0 heterocycles. The van der Waals surface area contributed by atoms with E-state index in [0.717, 1.165) is 25.2 Å². The van der Waals surface area contributed by atoms with E-state index in [1.54, 1.807) is 0 Å². The molecule has 5 N–H and O–H groups in total. The Bertz CT molecular complexity index is 1150. The predicted octanol–water partition coefficient (Wildman–Crippen LogP) is 7.84. The molecule has 0 amide bonds. The van der Waals surface area contributed by atoms with Crippen LogP contribution in [-0.2, 0) is 30.1 Å². The van der Waals surface area contributed by atoms with Crippen molar-refractivity contribution in [1.82, 2.24) is 0 Å². The Morgan fingerprint density at radius 1 is 0.682 bits per heavy atom. The first-order chi connectivity index (χ1) is 20.9. The molecule has 0 saturated heterocycles. The fraction of sp³-hybridized carbons (Fsp3) is 0.571. The standard InChI is InChI=1S/C35H52N2O4.H2O.O.Ti/c1-25(2)15-13-11-9-7-5-6-8-10-12-14-16-31(26(3)4)35(34(40)41,32(38)27-17-21-29(36)22-18-27)33(39)28-19-23-30(37)24-20-28;;;/h17-26,31H,5-16,36-37H2,1-4H3,(H,40,41);1H2;;/q;;;+2/p-2. The van der Waals surface area contributed by atoms with E-state index >= 15 is 0 Å². The molecule has 0 bridgehead atoms. The minimum absolute atomic E-state index is 0.0974. The average molecular weight is 645 g/mol. The zero-order valence-electron chi connectivity index (χ0n) is 27.0. The minimum atomic E-state index is -4.49. The summed E-state index contributed by atoms with van der Waals surface area (Å²) in [6.45, 7) is 8.24. The molecule has 242 valence electrons. The van der Waals surface area contributed by atoms with Crippen LogP contribution in [0.2, 0.25) is 0 Å². The molecule has 0 aliphatic heterocycles. The van der Waals surface area contributed by atoms with Crippen LogP contribution >= 0.6 is 0 Å². The maximum absolute atomic E-state index is 14.4. The summed E-state index contributed by atoms with van der Waals surface area (Å²) in [5.74, 6) is -3.13. The van der Waals surface area contributed by atoms with Gasteiger partial charge in [0.15, 0.2) is 0 Å². The van der Waals surface area contributed by atoms with Crippen LogP contribution in [0.4, 0.5) is 11.4 Å². The molecule has 0 saturated carbocycles. The van der Waals surface area contributed by atoms with Gasteiger partial charge in [0.25, 0.3) is 0 Å². The molecular formula is C35H52N2O6Ti. The van der Waals surface area contributed by atoms with Gasteiger partial charge in [0.05, 0.1) is 0 Å². The van der Waals surface area contributed by atoms with Gasteiger partial charge in [-0.05, 0) is 5.92 Å². The van der Waals surface area contributed by atoms with E-state index in [-0.39, 0.29) is 17.0 Å². The Morgan fingerprint density at radius 2 is 1.05 bits per heavy atom. The second-order valence-corrected chi connectivity index (χ2v) is 13.9. The summed E-state index contributed by atoms with van der Waals surface area (Å²) in [7, 11) is 0. The number of hydrogen-bond donors (Lipinski definition) is 3. The number of hydrogen-bond acceptors (Lipinski definition) is 7. The molecule has 9 heteroatoms. The zero-order chi connectivity index (χ0) is 32.7. The van der Waals surface area contributed by atoms with Crippen molar-refractivity contribution in [3.05, 3.63) is 59.7 Å². The molecule has 0 aliphatic rings. The monoisotopic (exact) mass is 644 g/mol. The van der Waals surface area contributed by atoms with Crippen LogP contribution in [-0.4, -0.2) is 21.2 Å². The van der Waals surface area contributed by atoms with Crippen LogP contribution in [0.1, 0.15) is 125 Å². The Balaban J connectivity index is 2.28. The topological polar surface area (TPSA) is 150 Å². The molecule has 0 aromatic heterocycles. The van der Waals surface area contributed by atoms with Crippen molar-refractivity contribution < 1.29 is 43.3 Å². The summed E-state index contributed by atoms with van der Waals surface area (Å²) in [5.41, 5.74) is 10.4. The second kappa shape index (κ2) is 19.0. The number of rotatable bonds is 21. The number of benzene rings is 2. The number of ketones is 2. The van der Waals surface area contributed by atoms with Crippen molar-refractivity contribution >= 4 is 28.9 Å². The maximum atomic E-state index is 14.4. The van der Waals surface area contributed by atoms with E-state index in [0.29, 0.717) is 24.2 Å². The molecule has 0 aliphatic carbocycles. The van der Waals surface area contributed by atoms with E-state index in [1.807, 2.05) is 13.8 Å². The van der Waals surface area contributed by atoms with Crippen molar-refractivity contribution in [2.75, 3.05) is 11.5 Å². The van der Waals surface area contributed by atoms with Gasteiger partial charge < -0.3 is 0 Å². The van der Waals surface area contributed by atoms with Crippen LogP contribution in [0, 0.1) is 23.2 Å². The van der Waals surface area contributed by atoms with Crippen molar-refractivity contribution in [3.8, 4) is 0 Å². The number of nitrogens with two attached hydrogens (primary N) is 2. The van der Waals surface area contributed by atoms with Crippen molar-refractivity contribution in [3.63, 3.8) is 0 Å². The van der Waals surface area contributed by atoms with Crippen LogP contribution in [0.25, 0.3) is 0 Å². The molecule has 8 nitrogen and oxygen atoms in total. The van der Waals surface area contributed by atoms with E-state index in [1.165, 1.54) is 93.5 Å². The number of anilines is 2. The summed E-state index contributed by atoms with van der Waals surface area (Å²) in [6.07, 6.45) is 12.9. The van der Waals surface area contributed by atoms with E-state index in [2.05, 4.69) is 13.8 Å². The van der Waals surface area contributed by atoms with E-state index in [9.17, 15) is 21.4 Å². The van der Waals surface area contributed by atoms with Crippen LogP contribution in [0.15, 0.2) is 48.5 Å². The fourth-order valence-corrected chi connectivity index (χ4v) is 6.54. The number of nitrogen functional groups attached to an aromatic ring is 2. The Hall–Kier alpha value is -2.68. The zero-order valence-corrected chi connectivity index (χ0v) is 28.5. The SMILES string of the molecule is CC(C)CCCCCCCCCCCCC(C(C)C)C(C(=O)[O][Ti](=[O])[OH])(C(=O)c1ccc(N)cc1)C(=O)c1ccc(N)cc1.